The number of amides is 2. The maximum Gasteiger partial charge on any atom is 0.243 e. The van der Waals surface area contributed by atoms with Gasteiger partial charge in [0.05, 0.1) is 12.0 Å². The Kier molecular flexibility index (Phi) is 10.9. The monoisotopic (exact) mass is 589 g/mol. The zero-order valence-corrected chi connectivity index (χ0v) is 24.9. The molecule has 0 radical (unpaired) electrons. The molecule has 2 amide bonds. The van der Waals surface area contributed by atoms with E-state index < -0.39 is 16.1 Å². The average Bonchev–Trinajstić information content (AvgIpc) is 3.58. The van der Waals surface area contributed by atoms with Gasteiger partial charge in [0.2, 0.25) is 21.8 Å². The topological polar surface area (TPSA) is 96.0 Å². The second-order valence-electron chi connectivity index (χ2n) is 10.4. The summed E-state index contributed by atoms with van der Waals surface area (Å²) in [5, 5.41) is 2.88. The number of carbonyl (C=O) groups is 2. The number of hydrogen-bond acceptors (Lipinski definition) is 5. The summed E-state index contributed by atoms with van der Waals surface area (Å²) in [5.74, 6) is 0.280. The Labute approximate surface area is 249 Å². The molecule has 3 aromatic rings. The summed E-state index contributed by atoms with van der Waals surface area (Å²) < 4.78 is 32.6. The molecule has 3 aromatic carbocycles. The highest BCUT2D eigenvalue weighted by Crippen LogP contribution is 2.22. The number of aryl methyl sites for hydroxylation is 1. The van der Waals surface area contributed by atoms with Gasteiger partial charge in [-0.25, -0.2) is 8.42 Å². The molecule has 9 heteroatoms. The third-order valence-electron chi connectivity index (χ3n) is 7.46. The first-order chi connectivity index (χ1) is 20.3. The largest absolute Gasteiger partial charge is 0.497 e. The van der Waals surface area contributed by atoms with E-state index in [9.17, 15) is 18.0 Å². The van der Waals surface area contributed by atoms with Crippen LogP contribution in [0.1, 0.15) is 36.0 Å². The van der Waals surface area contributed by atoms with E-state index >= 15 is 0 Å². The molecule has 0 aliphatic carbocycles. The summed E-state index contributed by atoms with van der Waals surface area (Å²) in [7, 11) is -1.90. The van der Waals surface area contributed by atoms with Crippen molar-refractivity contribution in [1.82, 2.24) is 14.5 Å². The van der Waals surface area contributed by atoms with E-state index in [1.54, 1.807) is 42.4 Å². The summed E-state index contributed by atoms with van der Waals surface area (Å²) in [6, 6.07) is 23.1. The van der Waals surface area contributed by atoms with Crippen LogP contribution in [0.3, 0.4) is 0 Å². The van der Waals surface area contributed by atoms with E-state index in [0.29, 0.717) is 38.2 Å². The molecule has 222 valence electrons. The molecule has 1 fully saturated rings. The molecule has 8 nitrogen and oxygen atoms in total. The lowest BCUT2D eigenvalue weighted by atomic mass is 10.0. The van der Waals surface area contributed by atoms with E-state index in [1.807, 2.05) is 54.6 Å². The number of nitrogens with one attached hydrogen (secondary N) is 1. The van der Waals surface area contributed by atoms with Crippen LogP contribution in [0.25, 0.3) is 0 Å². The normalized spacial score (nSPS) is 14.2. The van der Waals surface area contributed by atoms with E-state index in [1.165, 1.54) is 4.31 Å². The Morgan fingerprint density at radius 3 is 2.21 bits per heavy atom. The van der Waals surface area contributed by atoms with E-state index in [4.69, 9.17) is 4.74 Å². The number of ether oxygens (including phenoxy) is 1. The fraction of sp³-hybridized carbons (Fsp3) is 0.333. The molecule has 1 N–H and O–H groups in total. The van der Waals surface area contributed by atoms with Crippen LogP contribution in [0.2, 0.25) is 0 Å². The standard InChI is InChI=1S/C33H39N3O5S/c1-3-21-34-33(38)31(24-27-9-5-4-6-10-27)36(25-28-11-16-29(41-2)17-12-28)32(37)20-15-26-13-18-30(19-14-26)42(39,40)35-22-7-8-23-35/h3-6,9-14,16-19,31H,1,7-8,15,20-25H2,2H3,(H,34,38)/t31-/m1/s1. The minimum atomic E-state index is -3.50. The lowest BCUT2D eigenvalue weighted by Gasteiger charge is -2.31. The van der Waals surface area contributed by atoms with Crippen molar-refractivity contribution in [2.45, 2.75) is 49.6 Å². The van der Waals surface area contributed by atoms with Gasteiger partial charge >= 0.3 is 0 Å². The predicted octanol–water partition coefficient (Wildman–Crippen LogP) is 4.35. The second-order valence-corrected chi connectivity index (χ2v) is 12.3. The van der Waals surface area contributed by atoms with Gasteiger partial charge in [-0.3, -0.25) is 9.59 Å². The zero-order valence-electron chi connectivity index (χ0n) is 24.1. The first-order valence-electron chi connectivity index (χ1n) is 14.3. The van der Waals surface area contributed by atoms with E-state index in [0.717, 1.165) is 29.5 Å². The fourth-order valence-electron chi connectivity index (χ4n) is 5.07. The number of carbonyl (C=O) groups excluding carboxylic acids is 2. The average molecular weight is 590 g/mol. The highest BCUT2D eigenvalue weighted by molar-refractivity contribution is 7.89. The van der Waals surface area contributed by atoms with E-state index in [2.05, 4.69) is 11.9 Å². The minimum absolute atomic E-state index is 0.161. The number of benzene rings is 3. The van der Waals surface area contributed by atoms with Crippen molar-refractivity contribution < 1.29 is 22.7 Å². The second kappa shape index (κ2) is 14.8. The number of rotatable bonds is 14. The summed E-state index contributed by atoms with van der Waals surface area (Å²) in [6.07, 6.45) is 4.30. The van der Waals surface area contributed by atoms with Gasteiger partial charge in [-0.15, -0.1) is 6.58 Å². The third-order valence-corrected chi connectivity index (χ3v) is 9.37. The number of methoxy groups -OCH3 is 1. The molecule has 42 heavy (non-hydrogen) atoms. The lowest BCUT2D eigenvalue weighted by molar-refractivity contribution is -0.141. The first kappa shape index (κ1) is 31.0. The molecule has 1 aliphatic rings. The molecule has 0 spiro atoms. The molecule has 0 saturated carbocycles. The van der Waals surface area contributed by atoms with Crippen molar-refractivity contribution in [3.8, 4) is 5.75 Å². The molecule has 4 rings (SSSR count). The quantitative estimate of drug-likeness (QED) is 0.282. The Bertz CT molecular complexity index is 1440. The third kappa shape index (κ3) is 8.08. The number of sulfonamides is 1. The Morgan fingerprint density at radius 2 is 1.60 bits per heavy atom. The van der Waals surface area contributed by atoms with Gasteiger partial charge in [0.15, 0.2) is 0 Å². The van der Waals surface area contributed by atoms with Gasteiger partial charge in [-0.1, -0.05) is 60.7 Å². The molecule has 0 aromatic heterocycles. The summed E-state index contributed by atoms with van der Waals surface area (Å²) >= 11 is 0. The predicted molar refractivity (Wildman–Crippen MR) is 163 cm³/mol. The van der Waals surface area contributed by atoms with Gasteiger partial charge in [-0.2, -0.15) is 4.31 Å². The summed E-state index contributed by atoms with van der Waals surface area (Å²) in [6.45, 7) is 5.33. The van der Waals surface area contributed by atoms with Gasteiger partial charge in [0, 0.05) is 39.0 Å². The van der Waals surface area contributed by atoms with Crippen LogP contribution in [0.4, 0.5) is 0 Å². The molecule has 1 aliphatic heterocycles. The number of nitrogens with zero attached hydrogens (tertiary/aromatic N) is 2. The molecule has 1 saturated heterocycles. The smallest absolute Gasteiger partial charge is 0.243 e. The number of hydrogen-bond donors (Lipinski definition) is 1. The van der Waals surface area contributed by atoms with Crippen molar-refractivity contribution in [2.75, 3.05) is 26.7 Å². The summed E-state index contributed by atoms with van der Waals surface area (Å²) in [4.78, 5) is 29.2. The highest BCUT2D eigenvalue weighted by atomic mass is 32.2. The minimum Gasteiger partial charge on any atom is -0.497 e. The molecular formula is C33H39N3O5S. The Morgan fingerprint density at radius 1 is 0.952 bits per heavy atom. The van der Waals surface area contributed by atoms with Crippen molar-refractivity contribution in [3.63, 3.8) is 0 Å². The lowest BCUT2D eigenvalue weighted by Crippen LogP contribution is -2.50. The molecule has 1 heterocycles. The van der Waals surface area contributed by atoms with Gasteiger partial charge < -0.3 is 15.0 Å². The molecular weight excluding hydrogens is 550 g/mol. The van der Waals surface area contributed by atoms with Crippen LogP contribution in [0.15, 0.2) is 96.4 Å². The SMILES string of the molecule is C=CCNC(=O)[C@@H](Cc1ccccc1)N(Cc1ccc(OC)cc1)C(=O)CCc1ccc(S(=O)(=O)N2CCCC2)cc1. The van der Waals surface area contributed by atoms with Crippen LogP contribution in [-0.4, -0.2) is 62.2 Å². The van der Waals surface area contributed by atoms with Gasteiger partial charge in [0.25, 0.3) is 0 Å². The van der Waals surface area contributed by atoms with Crippen molar-refractivity contribution in [2.24, 2.45) is 0 Å². The van der Waals surface area contributed by atoms with Crippen LogP contribution in [0, 0.1) is 0 Å². The van der Waals surface area contributed by atoms with Crippen molar-refractivity contribution >= 4 is 21.8 Å². The first-order valence-corrected chi connectivity index (χ1v) is 15.7. The van der Waals surface area contributed by atoms with Gasteiger partial charge in [0.1, 0.15) is 11.8 Å². The highest BCUT2D eigenvalue weighted by Gasteiger charge is 2.30. The molecule has 0 bridgehead atoms. The summed E-state index contributed by atoms with van der Waals surface area (Å²) in [5.41, 5.74) is 2.66. The van der Waals surface area contributed by atoms with E-state index in [-0.39, 0.29) is 29.7 Å². The van der Waals surface area contributed by atoms with Crippen LogP contribution in [0.5, 0.6) is 5.75 Å². The van der Waals surface area contributed by atoms with Crippen LogP contribution < -0.4 is 10.1 Å². The fourth-order valence-corrected chi connectivity index (χ4v) is 6.59. The maximum absolute atomic E-state index is 13.9. The zero-order chi connectivity index (χ0) is 30.0. The van der Waals surface area contributed by atoms with Crippen molar-refractivity contribution in [1.29, 1.82) is 0 Å². The Balaban J connectivity index is 1.55. The van der Waals surface area contributed by atoms with Gasteiger partial charge in [-0.05, 0) is 60.2 Å². The molecule has 1 atom stereocenters. The molecule has 0 unspecified atom stereocenters. The van der Waals surface area contributed by atoms with Crippen LogP contribution >= 0.6 is 0 Å². The maximum atomic E-state index is 13.9. The van der Waals surface area contributed by atoms with Crippen LogP contribution in [-0.2, 0) is 39.0 Å². The van der Waals surface area contributed by atoms with Crippen molar-refractivity contribution in [3.05, 3.63) is 108 Å². The Hall–Kier alpha value is -3.95.